The summed E-state index contributed by atoms with van der Waals surface area (Å²) < 4.78 is 68.0. The van der Waals surface area contributed by atoms with E-state index >= 15 is 0 Å². The second kappa shape index (κ2) is 62.5. The van der Waals surface area contributed by atoms with Crippen LogP contribution in [-0.2, 0) is 65.4 Å². The van der Waals surface area contributed by atoms with Gasteiger partial charge in [0.1, 0.15) is 19.3 Å². The number of carbonyl (C=O) groups excluding carboxylic acids is 4. The van der Waals surface area contributed by atoms with Crippen molar-refractivity contribution >= 4 is 39.5 Å². The molecule has 0 rings (SSSR count). The third kappa shape index (κ3) is 61.6. The number of phosphoric acid groups is 2. The number of carbonyl (C=O) groups is 4. The molecule has 0 saturated carbocycles. The number of hydrogen-bond donors (Lipinski definition) is 3. The van der Waals surface area contributed by atoms with Crippen molar-refractivity contribution in [2.75, 3.05) is 39.6 Å². The Balaban J connectivity index is 5.14. The second-order valence-electron chi connectivity index (χ2n) is 25.2. The summed E-state index contributed by atoms with van der Waals surface area (Å²) in [5, 5.41) is 10.5. The summed E-state index contributed by atoms with van der Waals surface area (Å²) in [6.45, 7) is 7.17. The average Bonchev–Trinajstić information content (AvgIpc) is 3.58. The van der Waals surface area contributed by atoms with Crippen LogP contribution in [0.2, 0.25) is 0 Å². The van der Waals surface area contributed by atoms with Crippen molar-refractivity contribution in [3.05, 3.63) is 0 Å². The Morgan fingerprint density at radius 3 is 0.807 bits per heavy atom. The van der Waals surface area contributed by atoms with E-state index in [1.165, 1.54) is 173 Å². The molecule has 0 amide bonds. The Kier molecular flexibility index (Phi) is 61.1. The molecule has 0 aromatic heterocycles. The van der Waals surface area contributed by atoms with Crippen molar-refractivity contribution in [3.8, 4) is 0 Å². The van der Waals surface area contributed by atoms with Gasteiger partial charge in [-0.3, -0.25) is 37.3 Å². The Labute approximate surface area is 537 Å². The van der Waals surface area contributed by atoms with Gasteiger partial charge in [-0.15, -0.1) is 0 Å². The van der Waals surface area contributed by atoms with E-state index < -0.39 is 97.5 Å². The molecule has 0 aliphatic heterocycles. The molecular weight excluding hydrogens is 1160 g/mol. The highest BCUT2D eigenvalue weighted by Gasteiger charge is 2.30. The van der Waals surface area contributed by atoms with Gasteiger partial charge in [0.15, 0.2) is 12.2 Å². The van der Waals surface area contributed by atoms with Gasteiger partial charge in [0.2, 0.25) is 0 Å². The Morgan fingerprint density at radius 1 is 0.318 bits per heavy atom. The molecule has 0 bridgehead atoms. The van der Waals surface area contributed by atoms with Crippen LogP contribution < -0.4 is 0 Å². The van der Waals surface area contributed by atoms with Crippen LogP contribution in [0.15, 0.2) is 0 Å². The predicted molar refractivity (Wildman–Crippen MR) is 354 cm³/mol. The van der Waals surface area contributed by atoms with Gasteiger partial charge in [0.05, 0.1) is 26.4 Å². The van der Waals surface area contributed by atoms with Crippen molar-refractivity contribution in [1.29, 1.82) is 0 Å². The molecule has 17 nitrogen and oxygen atoms in total. The minimum Gasteiger partial charge on any atom is -0.462 e. The molecular formula is C69H134O17P2. The number of phosphoric ester groups is 2. The molecule has 0 spiro atoms. The fraction of sp³-hybridized carbons (Fsp3) is 0.942. The van der Waals surface area contributed by atoms with Crippen LogP contribution in [0.1, 0.15) is 356 Å². The first-order valence-electron chi connectivity index (χ1n) is 36.2. The monoisotopic (exact) mass is 1300 g/mol. The SMILES string of the molecule is CCCCCCCCCCCCCCCCCCCCCC(=O)O[C@H](COC(=O)CCCCCCCCCCCCC(C)CC)COP(=O)(O)OC[C@@H](O)COP(=O)(O)OC[C@@H](COC(=O)CCCCCCC)OC(=O)CCCCCCCCCCCC. The van der Waals surface area contributed by atoms with E-state index in [1.54, 1.807) is 0 Å². The lowest BCUT2D eigenvalue weighted by Gasteiger charge is -2.21. The minimum absolute atomic E-state index is 0.106. The normalized spacial score (nSPS) is 14.4. The molecule has 0 saturated heterocycles. The van der Waals surface area contributed by atoms with Crippen LogP contribution in [0.3, 0.4) is 0 Å². The van der Waals surface area contributed by atoms with Gasteiger partial charge in [-0.25, -0.2) is 9.13 Å². The van der Waals surface area contributed by atoms with Crippen molar-refractivity contribution in [2.24, 2.45) is 5.92 Å². The van der Waals surface area contributed by atoms with Crippen molar-refractivity contribution < 1.29 is 80.2 Å². The molecule has 19 heteroatoms. The number of hydrogen-bond acceptors (Lipinski definition) is 15. The quantitative estimate of drug-likeness (QED) is 0.0222. The van der Waals surface area contributed by atoms with Crippen LogP contribution >= 0.6 is 15.6 Å². The third-order valence-electron chi connectivity index (χ3n) is 16.4. The fourth-order valence-electron chi connectivity index (χ4n) is 10.4. The summed E-state index contributed by atoms with van der Waals surface area (Å²) in [7, 11) is -9.89. The Morgan fingerprint density at radius 2 is 0.545 bits per heavy atom. The molecule has 0 heterocycles. The van der Waals surface area contributed by atoms with Gasteiger partial charge in [-0.05, 0) is 31.6 Å². The first kappa shape index (κ1) is 86.1. The molecule has 88 heavy (non-hydrogen) atoms. The zero-order chi connectivity index (χ0) is 64.9. The maximum absolute atomic E-state index is 13.0. The van der Waals surface area contributed by atoms with E-state index in [-0.39, 0.29) is 25.7 Å². The maximum atomic E-state index is 13.0. The van der Waals surface area contributed by atoms with Crippen LogP contribution in [0, 0.1) is 5.92 Å². The fourth-order valence-corrected chi connectivity index (χ4v) is 12.0. The second-order valence-corrected chi connectivity index (χ2v) is 28.1. The molecule has 0 aromatic carbocycles. The summed E-state index contributed by atoms with van der Waals surface area (Å²) >= 11 is 0. The van der Waals surface area contributed by atoms with Crippen LogP contribution in [-0.4, -0.2) is 96.7 Å². The van der Waals surface area contributed by atoms with Gasteiger partial charge < -0.3 is 33.8 Å². The van der Waals surface area contributed by atoms with E-state index in [4.69, 9.17) is 37.0 Å². The highest BCUT2D eigenvalue weighted by Crippen LogP contribution is 2.45. The molecule has 6 atom stereocenters. The van der Waals surface area contributed by atoms with E-state index in [2.05, 4.69) is 34.6 Å². The van der Waals surface area contributed by atoms with Gasteiger partial charge in [-0.1, -0.05) is 304 Å². The first-order valence-corrected chi connectivity index (χ1v) is 39.2. The molecule has 0 radical (unpaired) electrons. The predicted octanol–water partition coefficient (Wildman–Crippen LogP) is 19.7. The first-order chi connectivity index (χ1) is 42.6. The van der Waals surface area contributed by atoms with Gasteiger partial charge in [0, 0.05) is 25.7 Å². The third-order valence-corrected chi connectivity index (χ3v) is 18.3. The molecule has 3 N–H and O–H groups in total. The highest BCUT2D eigenvalue weighted by molar-refractivity contribution is 7.47. The van der Waals surface area contributed by atoms with E-state index in [0.717, 1.165) is 102 Å². The summed E-state index contributed by atoms with van der Waals surface area (Å²) in [5.74, 6) is -1.33. The maximum Gasteiger partial charge on any atom is 0.472 e. The summed E-state index contributed by atoms with van der Waals surface area (Å²) in [5.41, 5.74) is 0. The Hall–Kier alpha value is -1.94. The highest BCUT2D eigenvalue weighted by atomic mass is 31.2. The topological polar surface area (TPSA) is 237 Å². The summed E-state index contributed by atoms with van der Waals surface area (Å²) in [6, 6.07) is 0. The van der Waals surface area contributed by atoms with E-state index in [9.17, 15) is 43.2 Å². The van der Waals surface area contributed by atoms with Gasteiger partial charge >= 0.3 is 39.5 Å². The molecule has 3 unspecified atom stereocenters. The lowest BCUT2D eigenvalue weighted by atomic mass is 9.99. The zero-order valence-corrected chi connectivity index (χ0v) is 58.6. The van der Waals surface area contributed by atoms with Crippen LogP contribution in [0.5, 0.6) is 0 Å². The summed E-state index contributed by atoms with van der Waals surface area (Å²) in [4.78, 5) is 72.2. The Bertz CT molecular complexity index is 1710. The standard InChI is InChI=1S/C69H134O17P2/c1-6-10-13-16-18-20-22-23-24-25-26-27-28-29-30-36-40-45-50-55-69(74)86-65(59-80-67(72)53-48-43-38-35-32-31-33-37-42-46-51-62(5)9-4)61-84-88(77,78)82-57-63(70)56-81-87(75,76)83-60-64(58-79-66(71)52-47-41-15-12-8-3)85-68(73)54-49-44-39-34-21-19-17-14-11-7-2/h62-65,70H,6-61H2,1-5H3,(H,75,76)(H,77,78)/t62?,63-,64+,65+/m0/s1. The smallest absolute Gasteiger partial charge is 0.462 e. The van der Waals surface area contributed by atoms with Crippen LogP contribution in [0.25, 0.3) is 0 Å². The van der Waals surface area contributed by atoms with Gasteiger partial charge in [-0.2, -0.15) is 0 Å². The molecule has 0 aliphatic rings. The lowest BCUT2D eigenvalue weighted by molar-refractivity contribution is -0.161. The molecule has 0 aliphatic carbocycles. The lowest BCUT2D eigenvalue weighted by Crippen LogP contribution is -2.30. The van der Waals surface area contributed by atoms with Crippen molar-refractivity contribution in [2.45, 2.75) is 374 Å². The van der Waals surface area contributed by atoms with Crippen molar-refractivity contribution in [1.82, 2.24) is 0 Å². The number of rotatable bonds is 69. The zero-order valence-electron chi connectivity index (χ0n) is 56.9. The van der Waals surface area contributed by atoms with Gasteiger partial charge in [0.25, 0.3) is 0 Å². The molecule has 0 aromatic rings. The molecule has 0 fully saturated rings. The minimum atomic E-state index is -4.95. The van der Waals surface area contributed by atoms with E-state index in [1.807, 2.05) is 0 Å². The van der Waals surface area contributed by atoms with Crippen LogP contribution in [0.4, 0.5) is 0 Å². The number of unbranched alkanes of at least 4 members (excludes halogenated alkanes) is 40. The summed E-state index contributed by atoms with van der Waals surface area (Å²) in [6.07, 6.45) is 48.9. The number of ether oxygens (including phenoxy) is 4. The van der Waals surface area contributed by atoms with Crippen molar-refractivity contribution in [3.63, 3.8) is 0 Å². The largest absolute Gasteiger partial charge is 0.472 e. The number of aliphatic hydroxyl groups excluding tert-OH is 1. The number of aliphatic hydroxyl groups is 1. The van der Waals surface area contributed by atoms with E-state index in [0.29, 0.717) is 25.7 Å². The number of esters is 4. The molecule has 522 valence electrons. The average molecular weight is 1300 g/mol.